The Kier molecular flexibility index (Phi) is 16.1. The average molecular weight is 910 g/mol. The molecule has 13 nitrogen and oxygen atoms in total. The van der Waals surface area contributed by atoms with Crippen molar-refractivity contribution in [2.75, 3.05) is 40.7 Å². The maximum Gasteiger partial charge on any atom is 0.306 e. The Labute approximate surface area is 378 Å². The fraction of sp³-hybridized carbons (Fsp3) is 0.787. The van der Waals surface area contributed by atoms with Crippen molar-refractivity contribution in [3.05, 3.63) is 39.9 Å². The quantitative estimate of drug-likeness (QED) is 0.219. The van der Waals surface area contributed by atoms with Crippen LogP contribution in [0.1, 0.15) is 85.5 Å². The summed E-state index contributed by atoms with van der Waals surface area (Å²) in [7, 11) is 9.01. The predicted octanol–water partition coefficient (Wildman–Crippen LogP) is 7.08. The third-order valence-electron chi connectivity index (χ3n) is 15.1. The van der Waals surface area contributed by atoms with Gasteiger partial charge in [-0.2, -0.15) is 0 Å². The third-order valence-corrected chi connectivity index (χ3v) is 15.7. The number of Topliss-reactive ketones (excluding diaryl/α,β-unsaturated/α-hetero) is 1. The zero-order chi connectivity index (χ0) is 44.6. The first-order chi connectivity index (χ1) is 29.7. The van der Waals surface area contributed by atoms with E-state index in [9.17, 15) is 9.90 Å². The first-order valence-corrected chi connectivity index (χ1v) is 23.6. The number of ketones is 1. The molecule has 0 spiro atoms. The van der Waals surface area contributed by atoms with Crippen molar-refractivity contribution in [1.82, 2.24) is 4.90 Å². The van der Waals surface area contributed by atoms with Crippen LogP contribution in [-0.4, -0.2) is 137 Å². The molecule has 1 aromatic carbocycles. The van der Waals surface area contributed by atoms with Gasteiger partial charge < -0.3 is 53.2 Å². The van der Waals surface area contributed by atoms with Crippen molar-refractivity contribution >= 4 is 40.6 Å². The molecule has 3 aliphatic carbocycles. The number of rotatable bonds is 11. The molecule has 15 heteroatoms. The highest BCUT2D eigenvalue weighted by Crippen LogP contribution is 2.58. The van der Waals surface area contributed by atoms with E-state index in [2.05, 4.69) is 37.3 Å². The number of carbonyl (C=O) groups excluding carboxylic acids is 2. The first-order valence-electron chi connectivity index (χ1n) is 22.9. The number of methoxy groups -OCH3 is 3. The second-order valence-electron chi connectivity index (χ2n) is 18.9. The number of aliphatic hydroxyl groups excluding tert-OH is 1. The summed E-state index contributed by atoms with van der Waals surface area (Å²) in [4.78, 5) is 31.2. The molecule has 0 aromatic heterocycles. The van der Waals surface area contributed by atoms with Crippen molar-refractivity contribution in [3.8, 4) is 0 Å². The molecule has 3 saturated heterocycles. The molecule has 6 aliphatic rings. The number of nitrogens with zero attached hydrogens (tertiary/aromatic N) is 1. The highest BCUT2D eigenvalue weighted by atomic mass is 35.5. The Morgan fingerprint density at radius 2 is 1.61 bits per heavy atom. The molecule has 348 valence electrons. The maximum absolute atomic E-state index is 15.1. The summed E-state index contributed by atoms with van der Waals surface area (Å²) < 4.78 is 50.2. The highest BCUT2D eigenvalue weighted by molar-refractivity contribution is 6.36. The standard InChI is InChI=1S/C47H70Cl2N2O11/c1-10-27-12-11-13-37(62-39-17-16-36(51(5)6)24(3)58-39)23(2)42(53)33-21-30-29-19-28(61-47-46(57-9)45(56-8)44(55-7)25(4)59-47)20-32(29)41(50-35-15-14-26(48)18-34(35)49)43(54)40(30)31(33)22-38(52)60-27/h14-15,18,21,23-25,27-32,36-37,39-41,43-47,50,54H,10-13,16-17,19-20,22H2,1-9H3/t23-,24?,25?,27+,28+,29+,30+,31-,32-,36+,37+,39+,40-,41+,43+,44+,45?,46+,47+/m1/s1. The van der Waals surface area contributed by atoms with E-state index in [1.165, 1.54) is 0 Å². The number of likely N-dealkylation sites (N-methyl/N-ethyl adjacent to an activating group) is 1. The summed E-state index contributed by atoms with van der Waals surface area (Å²) in [5.74, 6) is -2.34. The van der Waals surface area contributed by atoms with Gasteiger partial charge in [-0.05, 0) is 121 Å². The fourth-order valence-corrected chi connectivity index (χ4v) is 12.5. The van der Waals surface area contributed by atoms with E-state index < -0.39 is 60.8 Å². The zero-order valence-corrected chi connectivity index (χ0v) is 39.4. The molecule has 2 N–H and O–H groups in total. The van der Waals surface area contributed by atoms with Gasteiger partial charge in [0.2, 0.25) is 0 Å². The van der Waals surface area contributed by atoms with Crippen LogP contribution in [0, 0.1) is 35.5 Å². The SMILES string of the molecule is CC[C@H]1CCC[C@H](O[C@H]2CC[C@H](N(C)C)C(C)O2)[C@@H](C)C(=O)C2=C[C@H]3[C@@H]4C[C@H](O[C@@H]5OC(C)[C@H](OC)C(OC)[C@@H]5OC)C[C@H]4[C@H](Nc4ccc(Cl)cc4Cl)[C@@H](O)[C@H]3[C@@H]2CC(=O)O1. The predicted molar refractivity (Wildman–Crippen MR) is 235 cm³/mol. The van der Waals surface area contributed by atoms with Gasteiger partial charge in [0.1, 0.15) is 24.4 Å². The number of hydrogen-bond donors (Lipinski definition) is 2. The number of ether oxygens (including phenoxy) is 8. The van der Waals surface area contributed by atoms with E-state index in [1.807, 2.05) is 26.8 Å². The molecule has 1 aromatic rings. The minimum atomic E-state index is -0.969. The number of nitrogens with one attached hydrogen (secondary N) is 1. The number of carbonyl (C=O) groups is 2. The second kappa shape index (κ2) is 20.7. The van der Waals surface area contributed by atoms with Gasteiger partial charge in [-0.1, -0.05) is 43.1 Å². The van der Waals surface area contributed by atoms with Crippen LogP contribution < -0.4 is 5.32 Å². The number of benzene rings is 1. The summed E-state index contributed by atoms with van der Waals surface area (Å²) in [6.07, 6.45) is 2.85. The molecule has 0 radical (unpaired) electrons. The number of allylic oxidation sites excluding steroid dienone is 2. The van der Waals surface area contributed by atoms with E-state index in [-0.39, 0.29) is 72.5 Å². The van der Waals surface area contributed by atoms with Crippen LogP contribution in [0.25, 0.3) is 0 Å². The lowest BCUT2D eigenvalue weighted by atomic mass is 9.62. The Morgan fingerprint density at radius 1 is 0.887 bits per heavy atom. The maximum atomic E-state index is 15.1. The summed E-state index contributed by atoms with van der Waals surface area (Å²) >= 11 is 13.1. The smallest absolute Gasteiger partial charge is 0.306 e. The monoisotopic (exact) mass is 908 g/mol. The van der Waals surface area contributed by atoms with Gasteiger partial charge in [-0.15, -0.1) is 0 Å². The average Bonchev–Trinajstić information content (AvgIpc) is 3.82. The number of aliphatic hydroxyl groups is 1. The van der Waals surface area contributed by atoms with E-state index in [1.54, 1.807) is 33.5 Å². The van der Waals surface area contributed by atoms with Crippen molar-refractivity contribution in [3.63, 3.8) is 0 Å². The third kappa shape index (κ3) is 9.94. The molecule has 19 atom stereocenters. The van der Waals surface area contributed by atoms with Gasteiger partial charge in [0.15, 0.2) is 18.4 Å². The number of esters is 1. The van der Waals surface area contributed by atoms with E-state index >= 15 is 4.79 Å². The van der Waals surface area contributed by atoms with E-state index in [4.69, 9.17) is 61.1 Å². The van der Waals surface area contributed by atoms with Gasteiger partial charge in [-0.3, -0.25) is 9.59 Å². The molecular weight excluding hydrogens is 839 g/mol. The second-order valence-corrected chi connectivity index (χ2v) is 19.7. The van der Waals surface area contributed by atoms with Gasteiger partial charge in [0, 0.05) is 50.1 Å². The normalized spacial score (nSPS) is 42.9. The lowest BCUT2D eigenvalue weighted by molar-refractivity contribution is -0.314. The minimum Gasteiger partial charge on any atom is -0.462 e. The van der Waals surface area contributed by atoms with Crippen molar-refractivity contribution < 1.29 is 52.6 Å². The molecule has 3 heterocycles. The zero-order valence-electron chi connectivity index (χ0n) is 37.9. The van der Waals surface area contributed by atoms with Crippen LogP contribution in [0.5, 0.6) is 0 Å². The Hall–Kier alpha value is -1.88. The van der Waals surface area contributed by atoms with Gasteiger partial charge >= 0.3 is 5.97 Å². The summed E-state index contributed by atoms with van der Waals surface area (Å²) in [5, 5.41) is 17.3. The number of fused-ring (bicyclic) bond motifs is 5. The topological polar surface area (TPSA) is 143 Å². The van der Waals surface area contributed by atoms with E-state index in [0.29, 0.717) is 53.4 Å². The molecule has 62 heavy (non-hydrogen) atoms. The lowest BCUT2D eigenvalue weighted by Gasteiger charge is -2.47. The molecular formula is C47H70Cl2N2O11. The fourth-order valence-electron chi connectivity index (χ4n) is 12.0. The molecule has 0 amide bonds. The molecule has 0 bridgehead atoms. The van der Waals surface area contributed by atoms with Gasteiger partial charge in [0.05, 0.1) is 53.7 Å². The van der Waals surface area contributed by atoms with Crippen LogP contribution in [0.3, 0.4) is 0 Å². The number of cyclic esters (lactones) is 1. The van der Waals surface area contributed by atoms with Crippen LogP contribution in [0.15, 0.2) is 29.8 Å². The number of anilines is 1. The minimum absolute atomic E-state index is 0.0200. The largest absolute Gasteiger partial charge is 0.462 e. The van der Waals surface area contributed by atoms with Crippen molar-refractivity contribution in [1.29, 1.82) is 0 Å². The molecule has 2 saturated carbocycles. The van der Waals surface area contributed by atoms with E-state index in [0.717, 1.165) is 19.3 Å². The molecule has 7 rings (SSSR count). The number of halogens is 2. The Balaban J connectivity index is 1.21. The van der Waals surface area contributed by atoms with Crippen molar-refractivity contribution in [2.24, 2.45) is 35.5 Å². The Bertz CT molecular complexity index is 1740. The summed E-state index contributed by atoms with van der Waals surface area (Å²) in [5.41, 5.74) is 1.21. The number of hydrogen-bond acceptors (Lipinski definition) is 13. The van der Waals surface area contributed by atoms with Crippen molar-refractivity contribution in [2.45, 2.75) is 165 Å². The van der Waals surface area contributed by atoms with Gasteiger partial charge in [-0.25, -0.2) is 0 Å². The molecule has 5 fully saturated rings. The molecule has 3 aliphatic heterocycles. The Morgan fingerprint density at radius 3 is 2.27 bits per heavy atom. The van der Waals surface area contributed by atoms with Crippen LogP contribution >= 0.6 is 23.2 Å². The summed E-state index contributed by atoms with van der Waals surface area (Å²) in [6.45, 7) is 8.00. The van der Waals surface area contributed by atoms with Crippen LogP contribution in [0.2, 0.25) is 10.0 Å². The first kappa shape index (κ1) is 48.1. The molecule has 3 unspecified atom stereocenters. The van der Waals surface area contributed by atoms with Gasteiger partial charge in [0.25, 0.3) is 0 Å². The lowest BCUT2D eigenvalue weighted by Crippen LogP contribution is -2.59. The highest BCUT2D eigenvalue weighted by Gasteiger charge is 2.60. The summed E-state index contributed by atoms with van der Waals surface area (Å²) in [6, 6.07) is 5.04. The van der Waals surface area contributed by atoms with Crippen LogP contribution in [-0.2, 0) is 47.5 Å². The van der Waals surface area contributed by atoms with Crippen LogP contribution in [0.4, 0.5) is 5.69 Å².